The third-order valence-corrected chi connectivity index (χ3v) is 4.81. The molecule has 20 heavy (non-hydrogen) atoms. The van der Waals surface area contributed by atoms with E-state index in [1.165, 1.54) is 12.1 Å². The second-order valence-corrected chi connectivity index (χ2v) is 6.73. The molecule has 1 aromatic rings. The van der Waals surface area contributed by atoms with Crippen LogP contribution in [0.25, 0.3) is 0 Å². The maximum atomic E-state index is 13.4. The zero-order chi connectivity index (χ0) is 14.9. The summed E-state index contributed by atoms with van der Waals surface area (Å²) in [6, 6.07) is 4.22. The molecule has 0 radical (unpaired) electrons. The highest BCUT2D eigenvalue weighted by molar-refractivity contribution is 9.10. The first-order valence-corrected chi connectivity index (χ1v) is 7.57. The van der Waals surface area contributed by atoms with Gasteiger partial charge < -0.3 is 10.6 Å². The first kappa shape index (κ1) is 15.4. The first-order valence-electron chi connectivity index (χ1n) is 6.37. The van der Waals surface area contributed by atoms with E-state index in [1.807, 2.05) is 6.92 Å². The van der Waals surface area contributed by atoms with E-state index in [1.54, 1.807) is 11.0 Å². The Hall–Kier alpha value is -1.01. The van der Waals surface area contributed by atoms with Gasteiger partial charge in [-0.1, -0.05) is 35.1 Å². The van der Waals surface area contributed by atoms with Crippen molar-refractivity contribution in [2.75, 3.05) is 13.1 Å². The van der Waals surface area contributed by atoms with Gasteiger partial charge >= 0.3 is 0 Å². The second kappa shape index (κ2) is 5.77. The Bertz CT molecular complexity index is 536. The van der Waals surface area contributed by atoms with Crippen molar-refractivity contribution in [1.29, 1.82) is 0 Å². The number of rotatable bonds is 2. The van der Waals surface area contributed by atoms with Crippen LogP contribution >= 0.6 is 28.1 Å². The average molecular weight is 359 g/mol. The zero-order valence-electron chi connectivity index (χ0n) is 11.2. The Morgan fingerprint density at radius 3 is 2.50 bits per heavy atom. The number of thiocarbonyl (C=S) groups is 1. The molecule has 0 unspecified atom stereocenters. The third-order valence-electron chi connectivity index (χ3n) is 3.86. The van der Waals surface area contributed by atoms with Gasteiger partial charge in [-0.3, -0.25) is 4.79 Å². The predicted octanol–water partition coefficient (Wildman–Crippen LogP) is 3.12. The summed E-state index contributed by atoms with van der Waals surface area (Å²) in [5, 5.41) is 0. The minimum absolute atomic E-state index is 0.157. The van der Waals surface area contributed by atoms with Gasteiger partial charge in [0.15, 0.2) is 0 Å². The molecule has 2 N–H and O–H groups in total. The van der Waals surface area contributed by atoms with Gasteiger partial charge in [0, 0.05) is 28.5 Å². The fourth-order valence-electron chi connectivity index (χ4n) is 2.31. The number of nitrogens with zero attached hydrogens (tertiary/aromatic N) is 1. The van der Waals surface area contributed by atoms with Crippen molar-refractivity contribution in [2.45, 2.75) is 19.8 Å². The number of likely N-dealkylation sites (tertiary alicyclic amines) is 1. The smallest absolute Gasteiger partial charge is 0.253 e. The maximum Gasteiger partial charge on any atom is 0.253 e. The van der Waals surface area contributed by atoms with E-state index < -0.39 is 5.82 Å². The average Bonchev–Trinajstić information content (AvgIpc) is 2.37. The van der Waals surface area contributed by atoms with Crippen molar-refractivity contribution in [3.8, 4) is 0 Å². The molecule has 1 fully saturated rings. The van der Waals surface area contributed by atoms with E-state index in [0.717, 1.165) is 12.8 Å². The SMILES string of the molecule is CC1(C(N)=S)CCN(C(=O)c2cc(F)cc(Br)c2)CC1. The largest absolute Gasteiger partial charge is 0.393 e. The fraction of sp³-hybridized carbons (Fsp3) is 0.429. The molecule has 6 heteroatoms. The number of nitrogens with two attached hydrogens (primary N) is 1. The Balaban J connectivity index is 2.10. The molecule has 0 aromatic heterocycles. The summed E-state index contributed by atoms with van der Waals surface area (Å²) in [7, 11) is 0. The lowest BCUT2D eigenvalue weighted by atomic mass is 9.80. The summed E-state index contributed by atoms with van der Waals surface area (Å²) >= 11 is 8.28. The highest BCUT2D eigenvalue weighted by Crippen LogP contribution is 2.31. The normalized spacial score (nSPS) is 17.9. The summed E-state index contributed by atoms with van der Waals surface area (Å²) in [6.07, 6.45) is 1.48. The molecular formula is C14H16BrFN2OS. The van der Waals surface area contributed by atoms with Gasteiger partial charge in [-0.2, -0.15) is 0 Å². The quantitative estimate of drug-likeness (QED) is 0.826. The van der Waals surface area contributed by atoms with Gasteiger partial charge in [-0.25, -0.2) is 4.39 Å². The summed E-state index contributed by atoms with van der Waals surface area (Å²) < 4.78 is 13.9. The minimum atomic E-state index is -0.423. The van der Waals surface area contributed by atoms with E-state index in [9.17, 15) is 9.18 Å². The first-order chi connectivity index (χ1) is 9.32. The topological polar surface area (TPSA) is 46.3 Å². The molecule has 0 atom stereocenters. The van der Waals surface area contributed by atoms with Crippen molar-refractivity contribution in [3.63, 3.8) is 0 Å². The lowest BCUT2D eigenvalue weighted by molar-refractivity contribution is 0.0669. The van der Waals surface area contributed by atoms with Gasteiger partial charge in [0.2, 0.25) is 0 Å². The molecule has 108 valence electrons. The van der Waals surface area contributed by atoms with Crippen LogP contribution in [0.4, 0.5) is 4.39 Å². The van der Waals surface area contributed by atoms with Crippen molar-refractivity contribution in [3.05, 3.63) is 34.1 Å². The molecule has 1 heterocycles. The Labute approximate surface area is 131 Å². The number of piperidine rings is 1. The Kier molecular flexibility index (Phi) is 4.44. The number of carbonyl (C=O) groups is 1. The van der Waals surface area contributed by atoms with Crippen LogP contribution in [0, 0.1) is 11.2 Å². The highest BCUT2D eigenvalue weighted by atomic mass is 79.9. The summed E-state index contributed by atoms with van der Waals surface area (Å²) in [6.45, 7) is 3.19. The monoisotopic (exact) mass is 358 g/mol. The number of halogens is 2. The van der Waals surface area contributed by atoms with Crippen LogP contribution in [-0.4, -0.2) is 28.9 Å². The standard InChI is InChI=1S/C14H16BrFN2OS/c1-14(13(17)20)2-4-18(5-3-14)12(19)9-6-10(15)8-11(16)7-9/h6-8H,2-5H2,1H3,(H2,17,20). The summed E-state index contributed by atoms with van der Waals surface area (Å²) in [5.41, 5.74) is 5.92. The molecule has 1 aliphatic rings. The zero-order valence-corrected chi connectivity index (χ0v) is 13.6. The summed E-state index contributed by atoms with van der Waals surface area (Å²) in [4.78, 5) is 14.6. The Morgan fingerprint density at radius 1 is 1.40 bits per heavy atom. The predicted molar refractivity (Wildman–Crippen MR) is 84.1 cm³/mol. The molecule has 0 spiro atoms. The number of carbonyl (C=O) groups excluding carboxylic acids is 1. The van der Waals surface area contributed by atoms with Gasteiger partial charge in [0.05, 0.1) is 4.99 Å². The molecule has 1 saturated heterocycles. The van der Waals surface area contributed by atoms with Gasteiger partial charge in [-0.15, -0.1) is 0 Å². The number of benzene rings is 1. The maximum absolute atomic E-state index is 13.4. The molecule has 3 nitrogen and oxygen atoms in total. The van der Waals surface area contributed by atoms with Crippen LogP contribution in [-0.2, 0) is 0 Å². The number of amides is 1. The molecule has 1 amide bonds. The molecule has 0 saturated carbocycles. The molecular weight excluding hydrogens is 343 g/mol. The van der Waals surface area contributed by atoms with E-state index in [4.69, 9.17) is 18.0 Å². The second-order valence-electron chi connectivity index (χ2n) is 5.38. The van der Waals surface area contributed by atoms with Crippen LogP contribution in [0.3, 0.4) is 0 Å². The third kappa shape index (κ3) is 3.17. The van der Waals surface area contributed by atoms with E-state index in [0.29, 0.717) is 28.1 Å². The molecule has 0 bridgehead atoms. The van der Waals surface area contributed by atoms with Gasteiger partial charge in [-0.05, 0) is 31.0 Å². The van der Waals surface area contributed by atoms with Crippen LogP contribution in [0.2, 0.25) is 0 Å². The van der Waals surface area contributed by atoms with Crippen LogP contribution < -0.4 is 5.73 Å². The molecule has 1 aromatic carbocycles. The van der Waals surface area contributed by atoms with E-state index in [2.05, 4.69) is 15.9 Å². The van der Waals surface area contributed by atoms with E-state index in [-0.39, 0.29) is 11.3 Å². The van der Waals surface area contributed by atoms with Crippen LogP contribution in [0.15, 0.2) is 22.7 Å². The van der Waals surface area contributed by atoms with Crippen molar-refractivity contribution < 1.29 is 9.18 Å². The molecule has 2 rings (SSSR count). The molecule has 1 aliphatic heterocycles. The van der Waals surface area contributed by atoms with Crippen molar-refractivity contribution in [1.82, 2.24) is 4.90 Å². The number of hydrogen-bond donors (Lipinski definition) is 1. The van der Waals surface area contributed by atoms with Gasteiger partial charge in [0.1, 0.15) is 5.82 Å². The number of hydrogen-bond acceptors (Lipinski definition) is 2. The highest BCUT2D eigenvalue weighted by Gasteiger charge is 2.34. The van der Waals surface area contributed by atoms with Crippen molar-refractivity contribution in [2.24, 2.45) is 11.1 Å². The van der Waals surface area contributed by atoms with Crippen molar-refractivity contribution >= 4 is 39.0 Å². The minimum Gasteiger partial charge on any atom is -0.393 e. The van der Waals surface area contributed by atoms with Crippen LogP contribution in [0.1, 0.15) is 30.1 Å². The Morgan fingerprint density at radius 2 is 2.00 bits per heavy atom. The van der Waals surface area contributed by atoms with Gasteiger partial charge in [0.25, 0.3) is 5.91 Å². The molecule has 0 aliphatic carbocycles. The fourth-order valence-corrected chi connectivity index (χ4v) is 2.98. The van der Waals surface area contributed by atoms with E-state index >= 15 is 0 Å². The summed E-state index contributed by atoms with van der Waals surface area (Å²) in [5.74, 6) is -0.581. The van der Waals surface area contributed by atoms with Crippen LogP contribution in [0.5, 0.6) is 0 Å². The lowest BCUT2D eigenvalue weighted by Gasteiger charge is -2.38. The lowest BCUT2D eigenvalue weighted by Crippen LogP contribution is -2.46.